The van der Waals surface area contributed by atoms with E-state index in [0.717, 1.165) is 15.6 Å². The van der Waals surface area contributed by atoms with E-state index in [2.05, 4.69) is 15.9 Å². The lowest BCUT2D eigenvalue weighted by atomic mass is 10.0. The first-order valence-corrected chi connectivity index (χ1v) is 10.4. The van der Waals surface area contributed by atoms with Crippen LogP contribution in [0.25, 0.3) is 6.08 Å². The lowest BCUT2D eigenvalue weighted by molar-refractivity contribution is -0.133. The Morgan fingerprint density at radius 2 is 1.80 bits per heavy atom. The van der Waals surface area contributed by atoms with Crippen LogP contribution in [-0.2, 0) is 11.2 Å². The molecule has 0 amide bonds. The molecule has 6 heteroatoms. The van der Waals surface area contributed by atoms with Crippen molar-refractivity contribution in [3.8, 4) is 11.5 Å². The fourth-order valence-corrected chi connectivity index (χ4v) is 3.57. The number of carbonyl (C=O) groups is 2. The quantitative estimate of drug-likeness (QED) is 0.253. The highest BCUT2D eigenvalue weighted by molar-refractivity contribution is 9.10. The lowest BCUT2D eigenvalue weighted by Crippen LogP contribution is -2.11. The Morgan fingerprint density at radius 1 is 1.10 bits per heavy atom. The molecule has 0 aliphatic carbocycles. The Hall–Kier alpha value is -2.89. The molecule has 0 saturated heterocycles. The number of ether oxygens (including phenoxy) is 2. The zero-order chi connectivity index (χ0) is 21.3. The van der Waals surface area contributed by atoms with E-state index in [-0.39, 0.29) is 18.0 Å². The van der Waals surface area contributed by atoms with Gasteiger partial charge in [-0.05, 0) is 60.0 Å². The molecule has 3 aromatic rings. The fourth-order valence-electron chi connectivity index (χ4n) is 3.18. The molecule has 1 heterocycles. The number of Topliss-reactive ketones (excluding diaryl/α,β-unsaturated/α-hetero) is 1. The predicted octanol–water partition coefficient (Wildman–Crippen LogP) is 6.18. The molecule has 0 unspecified atom stereocenters. The second-order valence-electron chi connectivity index (χ2n) is 6.88. The van der Waals surface area contributed by atoms with Gasteiger partial charge in [0.15, 0.2) is 5.76 Å². The van der Waals surface area contributed by atoms with E-state index >= 15 is 0 Å². The van der Waals surface area contributed by atoms with Crippen LogP contribution >= 0.6 is 27.5 Å². The molecule has 30 heavy (non-hydrogen) atoms. The molecule has 3 aromatic carbocycles. The molecule has 0 fully saturated rings. The number of hydrogen-bond donors (Lipinski definition) is 0. The van der Waals surface area contributed by atoms with Crippen LogP contribution < -0.4 is 9.47 Å². The van der Waals surface area contributed by atoms with E-state index in [1.807, 2.05) is 24.3 Å². The molecule has 4 rings (SSSR count). The second-order valence-corrected chi connectivity index (χ2v) is 8.23. The van der Waals surface area contributed by atoms with Gasteiger partial charge in [0, 0.05) is 15.6 Å². The number of carbonyl (C=O) groups excluding carboxylic acids is 2. The van der Waals surface area contributed by atoms with Crippen molar-refractivity contribution in [1.29, 1.82) is 0 Å². The van der Waals surface area contributed by atoms with E-state index in [1.54, 1.807) is 49.4 Å². The van der Waals surface area contributed by atoms with Crippen LogP contribution in [0.15, 0.2) is 70.9 Å². The third-order valence-electron chi connectivity index (χ3n) is 4.60. The maximum absolute atomic E-state index is 12.8. The summed E-state index contributed by atoms with van der Waals surface area (Å²) in [6.07, 6.45) is 1.81. The minimum absolute atomic E-state index is 0.113. The van der Waals surface area contributed by atoms with Crippen molar-refractivity contribution >= 4 is 45.4 Å². The molecule has 0 N–H and O–H groups in total. The minimum atomic E-state index is -0.411. The average Bonchev–Trinajstić information content (AvgIpc) is 3.01. The normalized spacial score (nSPS) is 13.8. The monoisotopic (exact) mass is 482 g/mol. The Morgan fingerprint density at radius 3 is 2.50 bits per heavy atom. The zero-order valence-corrected chi connectivity index (χ0v) is 18.3. The summed E-state index contributed by atoms with van der Waals surface area (Å²) in [5.41, 5.74) is 2.82. The molecule has 150 valence electrons. The van der Waals surface area contributed by atoms with Gasteiger partial charge in [0.2, 0.25) is 5.78 Å². The Bertz CT molecular complexity index is 1170. The molecule has 0 aromatic heterocycles. The molecule has 1 aliphatic rings. The van der Waals surface area contributed by atoms with E-state index < -0.39 is 5.97 Å². The molecule has 0 saturated carbocycles. The molecule has 0 atom stereocenters. The summed E-state index contributed by atoms with van der Waals surface area (Å²) in [5, 5.41) is 0.607. The summed E-state index contributed by atoms with van der Waals surface area (Å²) in [6, 6.07) is 17.8. The highest BCUT2D eigenvalue weighted by atomic mass is 79.9. The van der Waals surface area contributed by atoms with Crippen molar-refractivity contribution < 1.29 is 19.1 Å². The summed E-state index contributed by atoms with van der Waals surface area (Å²) in [7, 11) is 0. The average molecular weight is 484 g/mol. The number of benzene rings is 3. The van der Waals surface area contributed by atoms with Gasteiger partial charge in [-0.3, -0.25) is 9.59 Å². The largest absolute Gasteiger partial charge is 0.452 e. The number of ketones is 1. The van der Waals surface area contributed by atoms with Crippen molar-refractivity contribution in [2.24, 2.45) is 0 Å². The second kappa shape index (κ2) is 8.46. The Balaban J connectivity index is 1.52. The summed E-state index contributed by atoms with van der Waals surface area (Å²) in [6.45, 7) is 1.79. The number of rotatable bonds is 4. The highest BCUT2D eigenvalue weighted by Gasteiger charge is 2.30. The first kappa shape index (κ1) is 20.4. The fraction of sp³-hybridized carbons (Fsp3) is 0.0833. The topological polar surface area (TPSA) is 52.6 Å². The van der Waals surface area contributed by atoms with Crippen LogP contribution in [0.2, 0.25) is 5.02 Å². The third kappa shape index (κ3) is 4.48. The maximum atomic E-state index is 12.8. The van der Waals surface area contributed by atoms with Crippen LogP contribution in [0, 0.1) is 6.92 Å². The maximum Gasteiger partial charge on any atom is 0.315 e. The van der Waals surface area contributed by atoms with Crippen LogP contribution in [0.3, 0.4) is 0 Å². The van der Waals surface area contributed by atoms with Crippen LogP contribution in [0.5, 0.6) is 11.5 Å². The van der Waals surface area contributed by atoms with Crippen LogP contribution in [-0.4, -0.2) is 11.8 Å². The summed E-state index contributed by atoms with van der Waals surface area (Å²) >= 11 is 9.25. The van der Waals surface area contributed by atoms with Crippen LogP contribution in [0.4, 0.5) is 0 Å². The molecular formula is C24H16BrClO4. The van der Waals surface area contributed by atoms with E-state index in [4.69, 9.17) is 21.1 Å². The zero-order valence-electron chi connectivity index (χ0n) is 15.9. The van der Waals surface area contributed by atoms with Gasteiger partial charge >= 0.3 is 5.97 Å². The minimum Gasteiger partial charge on any atom is -0.452 e. The predicted molar refractivity (Wildman–Crippen MR) is 119 cm³/mol. The standard InChI is InChI=1S/C24H16BrClO4/c1-14-10-19(29-22(27)12-16-4-8-18(26)9-5-16)13-20-23(14)24(28)21(30-20)11-15-2-6-17(25)7-3-15/h2-11,13H,12H2,1H3/b21-11-. The first-order valence-electron chi connectivity index (χ1n) is 9.18. The van der Waals surface area contributed by atoms with Gasteiger partial charge in [0.05, 0.1) is 12.0 Å². The highest BCUT2D eigenvalue weighted by Crippen LogP contribution is 2.37. The SMILES string of the molecule is Cc1cc(OC(=O)Cc2ccc(Cl)cc2)cc2c1C(=O)/C(=C/c1ccc(Br)cc1)O2. The first-order chi connectivity index (χ1) is 14.4. The Labute approximate surface area is 187 Å². The van der Waals surface area contributed by atoms with Gasteiger partial charge in [0.1, 0.15) is 11.5 Å². The van der Waals surface area contributed by atoms with E-state index in [1.165, 1.54) is 0 Å². The lowest BCUT2D eigenvalue weighted by Gasteiger charge is -2.08. The summed E-state index contributed by atoms with van der Waals surface area (Å²) in [5.74, 6) is 0.358. The number of esters is 1. The van der Waals surface area contributed by atoms with Crippen molar-refractivity contribution in [3.05, 3.63) is 98.2 Å². The Kier molecular flexibility index (Phi) is 5.75. The number of halogens is 2. The molecule has 1 aliphatic heterocycles. The number of aryl methyl sites for hydroxylation is 1. The van der Waals surface area contributed by atoms with E-state index in [9.17, 15) is 9.59 Å². The van der Waals surface area contributed by atoms with Crippen molar-refractivity contribution in [2.75, 3.05) is 0 Å². The molecule has 0 radical (unpaired) electrons. The molecule has 4 nitrogen and oxygen atoms in total. The van der Waals surface area contributed by atoms with E-state index in [0.29, 0.717) is 27.6 Å². The van der Waals surface area contributed by atoms with Gasteiger partial charge < -0.3 is 9.47 Å². The van der Waals surface area contributed by atoms with Gasteiger partial charge in [-0.25, -0.2) is 0 Å². The van der Waals surface area contributed by atoms with Gasteiger partial charge in [-0.2, -0.15) is 0 Å². The summed E-state index contributed by atoms with van der Waals surface area (Å²) in [4.78, 5) is 25.1. The van der Waals surface area contributed by atoms with Crippen molar-refractivity contribution in [1.82, 2.24) is 0 Å². The van der Waals surface area contributed by atoms with Gasteiger partial charge in [-0.1, -0.05) is 51.8 Å². The number of fused-ring (bicyclic) bond motifs is 1. The molecular weight excluding hydrogens is 468 g/mol. The van der Waals surface area contributed by atoms with Crippen molar-refractivity contribution in [2.45, 2.75) is 13.3 Å². The number of allylic oxidation sites excluding steroid dienone is 1. The van der Waals surface area contributed by atoms with Gasteiger partial charge in [-0.15, -0.1) is 0 Å². The summed E-state index contributed by atoms with van der Waals surface area (Å²) < 4.78 is 12.2. The molecule has 0 bridgehead atoms. The van der Waals surface area contributed by atoms with Crippen molar-refractivity contribution in [3.63, 3.8) is 0 Å². The molecule has 0 spiro atoms. The van der Waals surface area contributed by atoms with Gasteiger partial charge in [0.25, 0.3) is 0 Å². The number of hydrogen-bond acceptors (Lipinski definition) is 4. The smallest absolute Gasteiger partial charge is 0.315 e. The third-order valence-corrected chi connectivity index (χ3v) is 5.39. The van der Waals surface area contributed by atoms with Crippen LogP contribution in [0.1, 0.15) is 27.0 Å².